The van der Waals surface area contributed by atoms with Crippen molar-refractivity contribution in [1.29, 1.82) is 0 Å². The highest BCUT2D eigenvalue weighted by Crippen LogP contribution is 2.26. The lowest BCUT2D eigenvalue weighted by Gasteiger charge is -2.19. The van der Waals surface area contributed by atoms with Gasteiger partial charge in [-0.3, -0.25) is 0 Å². The van der Waals surface area contributed by atoms with Crippen LogP contribution in [-0.4, -0.2) is 0 Å². The molecule has 0 spiro atoms. The van der Waals surface area contributed by atoms with E-state index in [0.29, 0.717) is 5.92 Å². The maximum Gasteiger partial charge on any atom is 0.138 e. The first-order valence-electron chi connectivity index (χ1n) is 10.5. The van der Waals surface area contributed by atoms with Crippen LogP contribution in [0, 0.1) is 5.41 Å². The lowest BCUT2D eigenvalue weighted by atomic mass is 9.86. The Morgan fingerprint density at radius 1 is 1.21 bits per heavy atom. The van der Waals surface area contributed by atoms with Crippen molar-refractivity contribution in [1.82, 2.24) is 0 Å². The van der Waals surface area contributed by atoms with E-state index in [1.165, 1.54) is 27.3 Å². The van der Waals surface area contributed by atoms with Gasteiger partial charge >= 0.3 is 0 Å². The van der Waals surface area contributed by atoms with Crippen LogP contribution in [0.15, 0.2) is 46.5 Å². The summed E-state index contributed by atoms with van der Waals surface area (Å²) in [4.78, 5) is 0. The van der Waals surface area contributed by atoms with Gasteiger partial charge in [0, 0.05) is 10.6 Å². The monoisotopic (exact) mass is 379 g/mol. The average molecular weight is 380 g/mol. The van der Waals surface area contributed by atoms with Crippen molar-refractivity contribution in [2.24, 2.45) is 11.1 Å². The zero-order valence-corrected chi connectivity index (χ0v) is 18.7. The minimum Gasteiger partial charge on any atom is -0.456 e. The number of nitrogens with two attached hydrogens (primary N) is 1. The summed E-state index contributed by atoms with van der Waals surface area (Å²) in [5.41, 5.74) is 11.5. The molecule has 2 rings (SSSR count). The van der Waals surface area contributed by atoms with E-state index in [4.69, 9.17) is 10.2 Å². The van der Waals surface area contributed by atoms with E-state index in [9.17, 15) is 0 Å². The second kappa shape index (κ2) is 9.32. The number of furan rings is 1. The van der Waals surface area contributed by atoms with E-state index in [2.05, 4.69) is 78.8 Å². The molecule has 2 N–H and O–H groups in total. The largest absolute Gasteiger partial charge is 0.456 e. The summed E-state index contributed by atoms with van der Waals surface area (Å²) >= 11 is 0. The fraction of sp³-hybridized carbons (Fsp3) is 0.462. The Morgan fingerprint density at radius 3 is 2.54 bits per heavy atom. The standard InChI is InChI=1S/C26H37NO/c1-8-26(6,7)16-14-23-22-11-9-10-21(18(2)3)25(22)28-24(23)20(5)13-12-19(4)15-17-27/h9-12,14-15,17-18H,8,13,16,27H2,1-7H3/b17-15-,19-12-,23-14-,24-20-. The van der Waals surface area contributed by atoms with Gasteiger partial charge < -0.3 is 10.2 Å². The fourth-order valence-electron chi connectivity index (χ4n) is 3.28. The molecule has 0 radical (unpaired) electrons. The van der Waals surface area contributed by atoms with Crippen LogP contribution < -0.4 is 16.4 Å². The molecule has 2 nitrogen and oxygen atoms in total. The van der Waals surface area contributed by atoms with Gasteiger partial charge in [-0.05, 0) is 61.4 Å². The topological polar surface area (TPSA) is 39.2 Å². The molecule has 0 saturated heterocycles. The van der Waals surface area contributed by atoms with Gasteiger partial charge in [0.2, 0.25) is 0 Å². The van der Waals surface area contributed by atoms with Crippen molar-refractivity contribution in [2.75, 3.05) is 0 Å². The lowest BCUT2D eigenvalue weighted by Crippen LogP contribution is -2.23. The molecule has 0 unspecified atom stereocenters. The predicted molar refractivity (Wildman–Crippen MR) is 123 cm³/mol. The minimum atomic E-state index is 0.285. The number of allylic oxidation sites excluding steroid dienone is 3. The van der Waals surface area contributed by atoms with Crippen LogP contribution in [0.3, 0.4) is 0 Å². The first-order valence-corrected chi connectivity index (χ1v) is 10.5. The number of para-hydroxylation sites is 1. The highest BCUT2D eigenvalue weighted by atomic mass is 16.3. The lowest BCUT2D eigenvalue weighted by molar-refractivity contribution is 0.366. The molecule has 1 aromatic heterocycles. The van der Waals surface area contributed by atoms with Gasteiger partial charge in [-0.1, -0.05) is 77.0 Å². The molecule has 0 bridgehead atoms. The maximum atomic E-state index is 6.50. The zero-order valence-electron chi connectivity index (χ0n) is 18.7. The summed E-state index contributed by atoms with van der Waals surface area (Å²) in [6, 6.07) is 6.54. The third-order valence-corrected chi connectivity index (χ3v) is 5.70. The van der Waals surface area contributed by atoms with Gasteiger partial charge in [-0.25, -0.2) is 0 Å². The second-order valence-corrected chi connectivity index (χ2v) is 8.94. The molecule has 0 aliphatic carbocycles. The predicted octanol–water partition coefficient (Wildman–Crippen LogP) is 6.14. The summed E-state index contributed by atoms with van der Waals surface area (Å²) < 4.78 is 6.50. The van der Waals surface area contributed by atoms with Gasteiger partial charge in [-0.15, -0.1) is 0 Å². The Morgan fingerprint density at radius 2 is 1.93 bits per heavy atom. The van der Waals surface area contributed by atoms with Crippen LogP contribution in [0.4, 0.5) is 0 Å². The van der Waals surface area contributed by atoms with Crippen LogP contribution in [-0.2, 0) is 0 Å². The summed E-state index contributed by atoms with van der Waals surface area (Å²) in [6.45, 7) is 15.6. The van der Waals surface area contributed by atoms with Crippen LogP contribution >= 0.6 is 0 Å². The van der Waals surface area contributed by atoms with Crippen LogP contribution in [0.25, 0.3) is 22.6 Å². The Balaban J connectivity index is 2.74. The molecular formula is C26H37NO. The van der Waals surface area contributed by atoms with Gasteiger partial charge in [-0.2, -0.15) is 0 Å². The van der Waals surface area contributed by atoms with Crippen molar-refractivity contribution < 1.29 is 4.42 Å². The van der Waals surface area contributed by atoms with Gasteiger partial charge in [0.1, 0.15) is 11.0 Å². The summed E-state index contributed by atoms with van der Waals surface area (Å²) in [7, 11) is 0. The smallest absolute Gasteiger partial charge is 0.138 e. The van der Waals surface area contributed by atoms with Crippen LogP contribution in [0.1, 0.15) is 79.2 Å². The summed E-state index contributed by atoms with van der Waals surface area (Å²) in [6.07, 6.45) is 11.1. The van der Waals surface area contributed by atoms with Crippen LogP contribution in [0.2, 0.25) is 0 Å². The number of fused-ring (bicyclic) bond motifs is 1. The van der Waals surface area contributed by atoms with E-state index >= 15 is 0 Å². The molecule has 152 valence electrons. The molecule has 0 atom stereocenters. The summed E-state index contributed by atoms with van der Waals surface area (Å²) in [5.74, 6) is 0.430. The zero-order chi connectivity index (χ0) is 20.9. The molecule has 1 aromatic carbocycles. The average Bonchev–Trinajstić information content (AvgIpc) is 3.03. The number of rotatable bonds is 7. The molecule has 0 aliphatic rings. The van der Waals surface area contributed by atoms with Crippen molar-refractivity contribution in [3.8, 4) is 0 Å². The molecule has 1 heterocycles. The number of hydrogen-bond donors (Lipinski definition) is 1. The third-order valence-electron chi connectivity index (χ3n) is 5.70. The number of hydrogen-bond acceptors (Lipinski definition) is 2. The van der Waals surface area contributed by atoms with E-state index in [-0.39, 0.29) is 5.41 Å². The van der Waals surface area contributed by atoms with Crippen molar-refractivity contribution in [3.05, 3.63) is 58.3 Å². The molecule has 0 aliphatic heterocycles. The van der Waals surface area contributed by atoms with Crippen LogP contribution in [0.5, 0.6) is 0 Å². The molecular weight excluding hydrogens is 342 g/mol. The normalized spacial score (nSPS) is 15.3. The first-order chi connectivity index (χ1) is 13.2. The SMILES string of the molecule is CCC(C)(C)C/C=c1\c(=C(/C)C/C=C(C)\C=C/N)oc2c(C(C)C)cccc12. The quantitative estimate of drug-likeness (QED) is 0.587. The fourth-order valence-corrected chi connectivity index (χ4v) is 3.28. The van der Waals surface area contributed by atoms with E-state index in [0.717, 1.165) is 30.3 Å². The molecule has 28 heavy (non-hydrogen) atoms. The Kier molecular flexibility index (Phi) is 7.35. The third kappa shape index (κ3) is 5.19. The molecule has 0 saturated carbocycles. The first kappa shape index (κ1) is 22.1. The Bertz CT molecular complexity index is 983. The Labute approximate surface area is 170 Å². The van der Waals surface area contributed by atoms with E-state index < -0.39 is 0 Å². The molecule has 0 fully saturated rings. The minimum absolute atomic E-state index is 0.285. The maximum absolute atomic E-state index is 6.50. The molecule has 2 heteroatoms. The second-order valence-electron chi connectivity index (χ2n) is 8.94. The van der Waals surface area contributed by atoms with E-state index in [1.54, 1.807) is 6.20 Å². The summed E-state index contributed by atoms with van der Waals surface area (Å²) in [5, 5.41) is 2.48. The van der Waals surface area contributed by atoms with Crippen molar-refractivity contribution >= 4 is 22.6 Å². The molecule has 0 amide bonds. The van der Waals surface area contributed by atoms with Gasteiger partial charge in [0.05, 0.1) is 0 Å². The van der Waals surface area contributed by atoms with Gasteiger partial charge in [0.15, 0.2) is 0 Å². The highest BCUT2D eigenvalue weighted by molar-refractivity contribution is 5.83. The molecule has 2 aromatic rings. The van der Waals surface area contributed by atoms with Gasteiger partial charge in [0.25, 0.3) is 0 Å². The highest BCUT2D eigenvalue weighted by Gasteiger charge is 2.15. The van der Waals surface area contributed by atoms with Crippen molar-refractivity contribution in [2.45, 2.75) is 73.6 Å². The number of benzene rings is 1. The van der Waals surface area contributed by atoms with E-state index in [1.807, 2.05) is 6.08 Å². The van der Waals surface area contributed by atoms with Crippen molar-refractivity contribution in [3.63, 3.8) is 0 Å². The Hall–Kier alpha value is -2.22.